The Kier molecular flexibility index (Phi) is 13.2. The third-order valence-corrected chi connectivity index (χ3v) is 13.6. The highest BCUT2D eigenvalue weighted by Gasteiger charge is 2.62. The molecule has 4 nitrogen and oxygen atoms in total. The summed E-state index contributed by atoms with van der Waals surface area (Å²) in [6.07, 6.45) is 21.9. The number of hydrogen-bond acceptors (Lipinski definition) is 4. The lowest BCUT2D eigenvalue weighted by atomic mass is 9.48. The molecule has 7 atom stereocenters. The first-order valence-corrected chi connectivity index (χ1v) is 20.0. The molecule has 7 aliphatic rings. The van der Waals surface area contributed by atoms with Gasteiger partial charge < -0.3 is 19.5 Å². The van der Waals surface area contributed by atoms with Crippen LogP contribution in [0, 0.1) is 35.0 Å². The Hall–Kier alpha value is -1.10. The zero-order valence-electron chi connectivity index (χ0n) is 31.7. The maximum Gasteiger partial charge on any atom is 0.169 e. The lowest BCUT2D eigenvalue weighted by Crippen LogP contribution is -2.53. The van der Waals surface area contributed by atoms with Gasteiger partial charge in [0, 0.05) is 31.3 Å². The monoisotopic (exact) mass is 640 g/mol. The van der Waals surface area contributed by atoms with E-state index in [4.69, 9.17) is 16.1 Å². The van der Waals surface area contributed by atoms with E-state index in [1.807, 2.05) is 47.1 Å². The SMILES string of the molecule is C=C1CC/C(=C\N(C)C2CCCCC2)CC1C1CC2(C)C(CC[C@]2(C)O)C2CCC3CC4(CCC3=C12)OCCO4.CC.CC.CC. The van der Waals surface area contributed by atoms with Crippen LogP contribution >= 0.6 is 0 Å². The third kappa shape index (κ3) is 7.11. The number of hydrogen-bond donors (Lipinski definition) is 1. The summed E-state index contributed by atoms with van der Waals surface area (Å²) < 4.78 is 12.5. The fourth-order valence-electron chi connectivity index (χ4n) is 11.1. The Bertz CT molecular complexity index is 1060. The minimum Gasteiger partial charge on any atom is -0.390 e. The normalized spacial score (nSPS) is 39.1. The Balaban J connectivity index is 0.000000758. The van der Waals surface area contributed by atoms with Gasteiger partial charge in [0.1, 0.15) is 0 Å². The molecule has 264 valence electrons. The summed E-state index contributed by atoms with van der Waals surface area (Å²) in [6, 6.07) is 0.718. The van der Waals surface area contributed by atoms with Crippen molar-refractivity contribution in [2.45, 2.75) is 176 Å². The van der Waals surface area contributed by atoms with Crippen LogP contribution in [-0.4, -0.2) is 47.7 Å². The highest BCUT2D eigenvalue weighted by atomic mass is 16.7. The molecule has 1 saturated heterocycles. The largest absolute Gasteiger partial charge is 0.390 e. The van der Waals surface area contributed by atoms with Gasteiger partial charge in [-0.15, -0.1) is 0 Å². The van der Waals surface area contributed by atoms with Crippen molar-refractivity contribution >= 4 is 0 Å². The summed E-state index contributed by atoms with van der Waals surface area (Å²) in [5.74, 6) is 2.57. The van der Waals surface area contributed by atoms with Crippen molar-refractivity contribution in [2.24, 2.45) is 35.0 Å². The van der Waals surface area contributed by atoms with Gasteiger partial charge in [-0.25, -0.2) is 0 Å². The van der Waals surface area contributed by atoms with Crippen LogP contribution in [0.2, 0.25) is 0 Å². The summed E-state index contributed by atoms with van der Waals surface area (Å²) >= 11 is 0. The fourth-order valence-corrected chi connectivity index (χ4v) is 11.1. The summed E-state index contributed by atoms with van der Waals surface area (Å²) in [5.41, 5.74) is 6.15. The van der Waals surface area contributed by atoms with E-state index >= 15 is 0 Å². The van der Waals surface area contributed by atoms with Gasteiger partial charge in [-0.05, 0) is 113 Å². The maximum absolute atomic E-state index is 11.8. The number of fused-ring (bicyclic) bond motifs is 4. The summed E-state index contributed by atoms with van der Waals surface area (Å²) in [7, 11) is 2.33. The molecule has 6 aliphatic carbocycles. The van der Waals surface area contributed by atoms with E-state index in [9.17, 15) is 5.11 Å². The van der Waals surface area contributed by atoms with Crippen LogP contribution in [0.5, 0.6) is 0 Å². The molecule has 0 aromatic rings. The minimum absolute atomic E-state index is 0.00666. The van der Waals surface area contributed by atoms with Gasteiger partial charge in [-0.2, -0.15) is 0 Å². The van der Waals surface area contributed by atoms with Crippen molar-refractivity contribution in [3.05, 3.63) is 35.1 Å². The zero-order valence-corrected chi connectivity index (χ0v) is 31.7. The molecule has 6 unspecified atom stereocenters. The van der Waals surface area contributed by atoms with Crippen molar-refractivity contribution in [3.8, 4) is 0 Å². The summed E-state index contributed by atoms with van der Waals surface area (Å²) in [4.78, 5) is 2.57. The molecule has 0 radical (unpaired) electrons. The van der Waals surface area contributed by atoms with E-state index < -0.39 is 5.60 Å². The molecular weight excluding hydrogens is 566 g/mol. The molecule has 5 saturated carbocycles. The molecule has 4 heteroatoms. The minimum atomic E-state index is -0.568. The second kappa shape index (κ2) is 16.1. The first kappa shape index (κ1) is 37.7. The molecule has 0 bridgehead atoms. The Labute approximate surface area is 284 Å². The Morgan fingerprint density at radius 2 is 1.46 bits per heavy atom. The van der Waals surface area contributed by atoms with Crippen LogP contribution in [0.15, 0.2) is 35.1 Å². The van der Waals surface area contributed by atoms with Gasteiger partial charge in [0.25, 0.3) is 0 Å². The second-order valence-corrected chi connectivity index (χ2v) is 15.5. The molecule has 0 aromatic carbocycles. The third-order valence-electron chi connectivity index (χ3n) is 13.6. The molecule has 1 N–H and O–H groups in total. The Morgan fingerprint density at radius 1 is 0.783 bits per heavy atom. The topological polar surface area (TPSA) is 41.9 Å². The van der Waals surface area contributed by atoms with Gasteiger partial charge in [-0.3, -0.25) is 0 Å². The molecule has 46 heavy (non-hydrogen) atoms. The standard InChI is InChI=1S/C36H55NO3.3C2H6/c1-24-10-11-25(23-37(4)27-8-6-5-7-9-27)20-30(24)31-22-34(2)32(15-16-35(34,3)38)29-13-12-26-21-36(39-18-19-40-36)17-14-28(26)33(29)31;3*1-2/h23,26-27,29-32,38H,1,5-22H2,2-4H3;3*1-2H3/b25-23+;;;/t26?,29?,30?,31?,32?,34?,35-;;;/m0.../s1. The molecular formula is C42H73NO3. The summed E-state index contributed by atoms with van der Waals surface area (Å²) in [6.45, 7) is 22.9. The van der Waals surface area contributed by atoms with Crippen LogP contribution < -0.4 is 0 Å². The van der Waals surface area contributed by atoms with Gasteiger partial charge in [0.2, 0.25) is 0 Å². The van der Waals surface area contributed by atoms with E-state index in [-0.39, 0.29) is 11.2 Å². The highest BCUT2D eigenvalue weighted by molar-refractivity contribution is 5.36. The number of allylic oxidation sites excluding steroid dienone is 4. The van der Waals surface area contributed by atoms with E-state index in [0.29, 0.717) is 29.6 Å². The second-order valence-electron chi connectivity index (χ2n) is 15.5. The van der Waals surface area contributed by atoms with Gasteiger partial charge in [-0.1, -0.05) is 96.6 Å². The van der Waals surface area contributed by atoms with E-state index in [1.165, 1.54) is 63.4 Å². The van der Waals surface area contributed by atoms with Crippen LogP contribution in [0.4, 0.5) is 0 Å². The maximum atomic E-state index is 11.8. The van der Waals surface area contributed by atoms with Crippen molar-refractivity contribution in [1.82, 2.24) is 4.90 Å². The van der Waals surface area contributed by atoms with Crippen LogP contribution in [0.3, 0.4) is 0 Å². The van der Waals surface area contributed by atoms with E-state index in [0.717, 1.165) is 64.2 Å². The predicted octanol–water partition coefficient (Wildman–Crippen LogP) is 11.0. The molecule has 1 heterocycles. The van der Waals surface area contributed by atoms with Crippen LogP contribution in [-0.2, 0) is 9.47 Å². The lowest BCUT2D eigenvalue weighted by molar-refractivity contribution is -0.182. The quantitative estimate of drug-likeness (QED) is 0.312. The van der Waals surface area contributed by atoms with Crippen molar-refractivity contribution in [1.29, 1.82) is 0 Å². The number of rotatable bonds is 3. The predicted molar refractivity (Wildman–Crippen MR) is 195 cm³/mol. The van der Waals surface area contributed by atoms with E-state index in [2.05, 4.69) is 32.0 Å². The van der Waals surface area contributed by atoms with E-state index in [1.54, 1.807) is 11.1 Å². The average molecular weight is 640 g/mol. The molecule has 7 rings (SSSR count). The number of ether oxygens (including phenoxy) is 2. The molecule has 1 spiro atoms. The van der Waals surface area contributed by atoms with Crippen LogP contribution in [0.25, 0.3) is 0 Å². The Morgan fingerprint density at radius 3 is 2.13 bits per heavy atom. The molecule has 1 aliphatic heterocycles. The van der Waals surface area contributed by atoms with Crippen molar-refractivity contribution < 1.29 is 14.6 Å². The zero-order chi connectivity index (χ0) is 33.7. The first-order chi connectivity index (χ1) is 22.2. The van der Waals surface area contributed by atoms with Gasteiger partial charge in [0.15, 0.2) is 5.79 Å². The molecule has 0 aromatic heterocycles. The smallest absolute Gasteiger partial charge is 0.169 e. The first-order valence-electron chi connectivity index (χ1n) is 20.0. The van der Waals surface area contributed by atoms with Crippen molar-refractivity contribution in [3.63, 3.8) is 0 Å². The average Bonchev–Trinajstić information content (AvgIpc) is 3.64. The summed E-state index contributed by atoms with van der Waals surface area (Å²) in [5, 5.41) is 11.8. The molecule has 0 amide bonds. The molecule has 6 fully saturated rings. The number of nitrogens with zero attached hydrogens (tertiary/aromatic N) is 1. The number of aliphatic hydroxyl groups is 1. The lowest BCUT2D eigenvalue weighted by Gasteiger charge is -2.57. The van der Waals surface area contributed by atoms with Gasteiger partial charge in [0.05, 0.1) is 18.8 Å². The van der Waals surface area contributed by atoms with Gasteiger partial charge >= 0.3 is 0 Å². The fraction of sp³-hybridized carbons (Fsp3) is 0.857. The van der Waals surface area contributed by atoms with Crippen LogP contribution in [0.1, 0.15) is 158 Å². The highest BCUT2D eigenvalue weighted by Crippen LogP contribution is 2.67. The van der Waals surface area contributed by atoms with Crippen molar-refractivity contribution in [2.75, 3.05) is 20.3 Å².